The summed E-state index contributed by atoms with van der Waals surface area (Å²) in [5.41, 5.74) is 1.25. The van der Waals surface area contributed by atoms with E-state index in [1.807, 2.05) is 24.3 Å². The van der Waals surface area contributed by atoms with E-state index in [1.54, 1.807) is 0 Å². The number of nitrogens with one attached hydrogen (secondary N) is 2. The standard InChI is InChI=1S/C14H19ClN2OS/c15-12-5-3-11(4-6-12)7-8-16-14(19)17-10-13-2-1-9-18-13/h3-6,13H,1-2,7-10H2,(H2,16,17,19)/t13-/m1/s1. The van der Waals surface area contributed by atoms with Gasteiger partial charge in [-0.1, -0.05) is 23.7 Å². The van der Waals surface area contributed by atoms with Gasteiger partial charge in [0, 0.05) is 24.7 Å². The highest BCUT2D eigenvalue weighted by Gasteiger charge is 2.14. The molecule has 0 bridgehead atoms. The van der Waals surface area contributed by atoms with Crippen LogP contribution in [0.15, 0.2) is 24.3 Å². The average Bonchev–Trinajstić information content (AvgIpc) is 2.92. The van der Waals surface area contributed by atoms with E-state index >= 15 is 0 Å². The fourth-order valence-electron chi connectivity index (χ4n) is 2.05. The number of halogens is 1. The molecule has 5 heteroatoms. The van der Waals surface area contributed by atoms with Crippen molar-refractivity contribution < 1.29 is 4.74 Å². The zero-order chi connectivity index (χ0) is 13.5. The summed E-state index contributed by atoms with van der Waals surface area (Å²) in [7, 11) is 0. The Labute approximate surface area is 124 Å². The van der Waals surface area contributed by atoms with Crippen molar-refractivity contribution in [2.24, 2.45) is 0 Å². The molecule has 0 unspecified atom stereocenters. The van der Waals surface area contributed by atoms with E-state index < -0.39 is 0 Å². The van der Waals surface area contributed by atoms with E-state index in [2.05, 4.69) is 10.6 Å². The smallest absolute Gasteiger partial charge is 0.166 e. The normalized spacial score (nSPS) is 18.3. The molecule has 0 saturated carbocycles. The molecule has 0 aliphatic carbocycles. The molecule has 1 aromatic rings. The maximum atomic E-state index is 5.84. The molecule has 0 aromatic heterocycles. The van der Waals surface area contributed by atoms with Gasteiger partial charge in [-0.05, 0) is 49.2 Å². The second kappa shape index (κ2) is 7.68. The minimum absolute atomic E-state index is 0.316. The van der Waals surface area contributed by atoms with Crippen LogP contribution in [0.25, 0.3) is 0 Å². The molecule has 1 fully saturated rings. The van der Waals surface area contributed by atoms with Gasteiger partial charge in [-0.15, -0.1) is 0 Å². The summed E-state index contributed by atoms with van der Waals surface area (Å²) in [6.07, 6.45) is 3.53. The van der Waals surface area contributed by atoms with Crippen molar-refractivity contribution in [1.29, 1.82) is 0 Å². The lowest BCUT2D eigenvalue weighted by atomic mass is 10.1. The van der Waals surface area contributed by atoms with Crippen molar-refractivity contribution in [2.75, 3.05) is 19.7 Å². The molecule has 1 aliphatic heterocycles. The number of ether oxygens (including phenoxy) is 1. The van der Waals surface area contributed by atoms with E-state index in [0.717, 1.165) is 44.0 Å². The van der Waals surface area contributed by atoms with Gasteiger partial charge in [-0.2, -0.15) is 0 Å². The van der Waals surface area contributed by atoms with Crippen LogP contribution in [0.3, 0.4) is 0 Å². The Morgan fingerprint density at radius 3 is 2.79 bits per heavy atom. The topological polar surface area (TPSA) is 33.3 Å². The number of benzene rings is 1. The first kappa shape index (κ1) is 14.6. The Balaban J connectivity index is 1.59. The SMILES string of the molecule is S=C(NCCc1ccc(Cl)cc1)NC[C@H]1CCCO1. The first-order valence-corrected chi connectivity index (χ1v) is 7.40. The highest BCUT2D eigenvalue weighted by molar-refractivity contribution is 7.80. The van der Waals surface area contributed by atoms with Crippen LogP contribution >= 0.6 is 23.8 Å². The fraction of sp³-hybridized carbons (Fsp3) is 0.500. The van der Waals surface area contributed by atoms with Crippen molar-refractivity contribution in [2.45, 2.75) is 25.4 Å². The lowest BCUT2D eigenvalue weighted by molar-refractivity contribution is 0.114. The zero-order valence-electron chi connectivity index (χ0n) is 10.8. The van der Waals surface area contributed by atoms with Crippen LogP contribution in [0.4, 0.5) is 0 Å². The molecule has 0 amide bonds. The van der Waals surface area contributed by atoms with E-state index in [1.165, 1.54) is 5.56 Å². The van der Waals surface area contributed by atoms with Gasteiger partial charge in [0.25, 0.3) is 0 Å². The van der Waals surface area contributed by atoms with Crippen LogP contribution in [0.2, 0.25) is 5.02 Å². The molecular weight excluding hydrogens is 280 g/mol. The lowest BCUT2D eigenvalue weighted by Crippen LogP contribution is -2.40. The molecule has 19 heavy (non-hydrogen) atoms. The van der Waals surface area contributed by atoms with Gasteiger partial charge in [0.05, 0.1) is 6.10 Å². The highest BCUT2D eigenvalue weighted by Crippen LogP contribution is 2.10. The van der Waals surface area contributed by atoms with Crippen LogP contribution in [0, 0.1) is 0 Å². The van der Waals surface area contributed by atoms with Crippen LogP contribution in [0.1, 0.15) is 18.4 Å². The van der Waals surface area contributed by atoms with Gasteiger partial charge in [0.2, 0.25) is 0 Å². The first-order chi connectivity index (χ1) is 9.24. The van der Waals surface area contributed by atoms with Crippen molar-refractivity contribution in [1.82, 2.24) is 10.6 Å². The van der Waals surface area contributed by atoms with E-state index in [4.69, 9.17) is 28.6 Å². The molecule has 1 aromatic carbocycles. The summed E-state index contributed by atoms with van der Waals surface area (Å²) in [5.74, 6) is 0. The van der Waals surface area contributed by atoms with Crippen LogP contribution < -0.4 is 10.6 Å². The maximum Gasteiger partial charge on any atom is 0.166 e. The van der Waals surface area contributed by atoms with E-state index in [9.17, 15) is 0 Å². The summed E-state index contributed by atoms with van der Waals surface area (Å²) in [4.78, 5) is 0. The summed E-state index contributed by atoms with van der Waals surface area (Å²) >= 11 is 11.1. The second-order valence-corrected chi connectivity index (χ2v) is 5.49. The van der Waals surface area contributed by atoms with Gasteiger partial charge < -0.3 is 15.4 Å². The maximum absolute atomic E-state index is 5.84. The Kier molecular flexibility index (Phi) is 5.89. The molecule has 2 N–H and O–H groups in total. The summed E-state index contributed by atoms with van der Waals surface area (Å²) in [5, 5.41) is 7.86. The van der Waals surface area contributed by atoms with Crippen LogP contribution in [-0.2, 0) is 11.2 Å². The lowest BCUT2D eigenvalue weighted by Gasteiger charge is -2.14. The molecule has 0 spiro atoms. The summed E-state index contributed by atoms with van der Waals surface area (Å²) in [6.45, 7) is 2.49. The van der Waals surface area contributed by atoms with Crippen molar-refractivity contribution in [3.05, 3.63) is 34.9 Å². The molecular formula is C14H19ClN2OS. The quantitative estimate of drug-likeness (QED) is 0.819. The highest BCUT2D eigenvalue weighted by atomic mass is 35.5. The number of thiocarbonyl (C=S) groups is 1. The third kappa shape index (κ3) is 5.35. The zero-order valence-corrected chi connectivity index (χ0v) is 12.4. The summed E-state index contributed by atoms with van der Waals surface area (Å²) in [6, 6.07) is 7.88. The van der Waals surface area contributed by atoms with Crippen molar-refractivity contribution in [3.8, 4) is 0 Å². The van der Waals surface area contributed by atoms with Gasteiger partial charge >= 0.3 is 0 Å². The second-order valence-electron chi connectivity index (χ2n) is 4.65. The molecule has 1 aliphatic rings. The monoisotopic (exact) mass is 298 g/mol. The van der Waals surface area contributed by atoms with Gasteiger partial charge in [0.1, 0.15) is 0 Å². The fourth-order valence-corrected chi connectivity index (χ4v) is 2.36. The average molecular weight is 299 g/mol. The largest absolute Gasteiger partial charge is 0.376 e. The molecule has 0 radical (unpaired) electrons. The van der Waals surface area contributed by atoms with Crippen molar-refractivity contribution in [3.63, 3.8) is 0 Å². The van der Waals surface area contributed by atoms with Gasteiger partial charge in [-0.3, -0.25) is 0 Å². The van der Waals surface area contributed by atoms with E-state index in [-0.39, 0.29) is 0 Å². The van der Waals surface area contributed by atoms with Crippen LogP contribution in [-0.4, -0.2) is 30.9 Å². The Morgan fingerprint density at radius 2 is 2.11 bits per heavy atom. The Hall–Kier alpha value is -0.840. The van der Waals surface area contributed by atoms with Gasteiger partial charge in [-0.25, -0.2) is 0 Å². The van der Waals surface area contributed by atoms with Crippen LogP contribution in [0.5, 0.6) is 0 Å². The molecule has 1 saturated heterocycles. The van der Waals surface area contributed by atoms with Gasteiger partial charge in [0.15, 0.2) is 5.11 Å². The molecule has 1 atom stereocenters. The minimum Gasteiger partial charge on any atom is -0.376 e. The molecule has 3 nitrogen and oxygen atoms in total. The number of rotatable bonds is 5. The molecule has 2 rings (SSSR count). The molecule has 1 heterocycles. The van der Waals surface area contributed by atoms with E-state index in [0.29, 0.717) is 11.2 Å². The third-order valence-corrected chi connectivity index (χ3v) is 3.67. The number of hydrogen-bond acceptors (Lipinski definition) is 2. The third-order valence-electron chi connectivity index (χ3n) is 3.13. The Bertz CT molecular complexity index is 404. The first-order valence-electron chi connectivity index (χ1n) is 6.62. The number of hydrogen-bond donors (Lipinski definition) is 2. The predicted octanol–water partition coefficient (Wildman–Crippen LogP) is 2.53. The predicted molar refractivity (Wildman–Crippen MR) is 82.7 cm³/mol. The summed E-state index contributed by atoms with van der Waals surface area (Å²) < 4.78 is 5.53. The minimum atomic E-state index is 0.316. The Morgan fingerprint density at radius 1 is 1.32 bits per heavy atom. The van der Waals surface area contributed by atoms with Crippen molar-refractivity contribution >= 4 is 28.9 Å². The molecule has 104 valence electrons.